The van der Waals surface area contributed by atoms with Gasteiger partial charge in [-0.1, -0.05) is 0 Å². The normalized spacial score (nSPS) is 17.9. The van der Waals surface area contributed by atoms with Gasteiger partial charge in [0, 0.05) is 37.5 Å². The highest BCUT2D eigenvalue weighted by Crippen LogP contribution is 2.23. The molecule has 8 heteroatoms. The molecule has 1 heterocycles. The minimum Gasteiger partial charge on any atom is -0.444 e. The van der Waals surface area contributed by atoms with Crippen LogP contribution in [0.5, 0.6) is 0 Å². The molecule has 0 aromatic heterocycles. The first kappa shape index (κ1) is 19.0. The molecule has 1 atom stereocenters. The number of rotatable bonds is 4. The number of ether oxygens (including phenoxy) is 1. The van der Waals surface area contributed by atoms with E-state index in [0.29, 0.717) is 25.3 Å². The summed E-state index contributed by atoms with van der Waals surface area (Å²) in [5, 5.41) is 13.7. The fourth-order valence-corrected chi connectivity index (χ4v) is 2.75. The van der Waals surface area contributed by atoms with Crippen molar-refractivity contribution in [2.24, 2.45) is 5.92 Å². The summed E-state index contributed by atoms with van der Waals surface area (Å²) in [6.45, 7) is 7.27. The molecule has 0 bridgehead atoms. The highest BCUT2D eigenvalue weighted by molar-refractivity contribution is 5.68. The summed E-state index contributed by atoms with van der Waals surface area (Å²) in [5.41, 5.74) is -0.588. The van der Waals surface area contributed by atoms with Crippen molar-refractivity contribution in [3.8, 4) is 0 Å². The largest absolute Gasteiger partial charge is 0.444 e. The Labute approximate surface area is 146 Å². The van der Waals surface area contributed by atoms with Gasteiger partial charge in [0.1, 0.15) is 5.60 Å². The summed E-state index contributed by atoms with van der Waals surface area (Å²) >= 11 is 0. The first-order valence-electron chi connectivity index (χ1n) is 8.31. The second-order valence-electron chi connectivity index (χ2n) is 7.24. The number of halogens is 1. The highest BCUT2D eigenvalue weighted by atomic mass is 19.1. The molecular weight excluding hydrogens is 329 g/mol. The molecule has 1 amide bonds. The minimum atomic E-state index is -0.867. The predicted molar refractivity (Wildman–Crippen MR) is 92.1 cm³/mol. The molecule has 2 rings (SSSR count). The van der Waals surface area contributed by atoms with E-state index in [4.69, 9.17) is 4.74 Å². The zero-order chi connectivity index (χ0) is 18.6. The standard InChI is InChI=1S/C17H24FN3O4/c1-17(2,3)25-16(22)20-8-4-5-12(11-20)10-19-13-6-7-15(21(23)24)14(18)9-13/h6-7,9,12,19H,4-5,8,10-11H2,1-3H3. The van der Waals surface area contributed by atoms with Gasteiger partial charge in [0.2, 0.25) is 5.82 Å². The van der Waals surface area contributed by atoms with Gasteiger partial charge in [-0.25, -0.2) is 4.79 Å². The number of carbonyl (C=O) groups excluding carboxylic acids is 1. The number of anilines is 1. The number of nitrogens with one attached hydrogen (secondary N) is 1. The van der Waals surface area contributed by atoms with Gasteiger partial charge in [-0.2, -0.15) is 4.39 Å². The number of amides is 1. The average Bonchev–Trinajstić information content (AvgIpc) is 2.51. The molecule has 7 nitrogen and oxygen atoms in total. The van der Waals surface area contributed by atoms with Crippen molar-refractivity contribution in [3.05, 3.63) is 34.1 Å². The van der Waals surface area contributed by atoms with Gasteiger partial charge < -0.3 is 15.0 Å². The fraction of sp³-hybridized carbons (Fsp3) is 0.588. The van der Waals surface area contributed by atoms with Crippen LogP contribution in [0.15, 0.2) is 18.2 Å². The van der Waals surface area contributed by atoms with Gasteiger partial charge in [-0.3, -0.25) is 10.1 Å². The number of likely N-dealkylation sites (tertiary alicyclic amines) is 1. The van der Waals surface area contributed by atoms with Crippen LogP contribution >= 0.6 is 0 Å². The molecule has 0 spiro atoms. The Balaban J connectivity index is 1.89. The Hall–Kier alpha value is -2.38. The van der Waals surface area contributed by atoms with E-state index in [1.807, 2.05) is 20.8 Å². The SMILES string of the molecule is CC(C)(C)OC(=O)N1CCCC(CNc2ccc([N+](=O)[O-])c(F)c2)C1. The van der Waals surface area contributed by atoms with Gasteiger partial charge in [-0.05, 0) is 45.6 Å². The molecule has 1 aliphatic heterocycles. The van der Waals surface area contributed by atoms with Crippen molar-refractivity contribution >= 4 is 17.5 Å². The Bertz CT molecular complexity index is 645. The maximum absolute atomic E-state index is 13.6. The maximum Gasteiger partial charge on any atom is 0.410 e. The second kappa shape index (κ2) is 7.67. The molecule has 1 N–H and O–H groups in total. The lowest BCUT2D eigenvalue weighted by molar-refractivity contribution is -0.387. The molecule has 1 aliphatic rings. The van der Waals surface area contributed by atoms with E-state index in [-0.39, 0.29) is 12.0 Å². The number of piperidine rings is 1. The number of hydrogen-bond donors (Lipinski definition) is 1. The van der Waals surface area contributed by atoms with E-state index in [1.54, 1.807) is 4.90 Å². The van der Waals surface area contributed by atoms with Crippen LogP contribution < -0.4 is 5.32 Å². The lowest BCUT2D eigenvalue weighted by Crippen LogP contribution is -2.44. The summed E-state index contributed by atoms with van der Waals surface area (Å²) in [7, 11) is 0. The third-order valence-electron chi connectivity index (χ3n) is 3.91. The summed E-state index contributed by atoms with van der Waals surface area (Å²) in [6.07, 6.45) is 1.50. The fourth-order valence-electron chi connectivity index (χ4n) is 2.75. The number of hydrogen-bond acceptors (Lipinski definition) is 5. The quantitative estimate of drug-likeness (QED) is 0.657. The summed E-state index contributed by atoms with van der Waals surface area (Å²) in [5.74, 6) is -0.659. The van der Waals surface area contributed by atoms with Crippen LogP contribution in [0.4, 0.5) is 20.6 Å². The number of benzene rings is 1. The van der Waals surface area contributed by atoms with Crippen LogP contribution in [0.3, 0.4) is 0 Å². The predicted octanol–water partition coefficient (Wildman–Crippen LogP) is 3.79. The van der Waals surface area contributed by atoms with Crippen molar-refractivity contribution in [1.29, 1.82) is 0 Å². The Morgan fingerprint density at radius 3 is 2.80 bits per heavy atom. The van der Waals surface area contributed by atoms with Crippen molar-refractivity contribution < 1.29 is 18.8 Å². The Kier molecular flexibility index (Phi) is 5.81. The number of nitrogens with zero attached hydrogens (tertiary/aromatic N) is 2. The van der Waals surface area contributed by atoms with E-state index in [2.05, 4.69) is 5.32 Å². The molecule has 25 heavy (non-hydrogen) atoms. The van der Waals surface area contributed by atoms with E-state index >= 15 is 0 Å². The second-order valence-corrected chi connectivity index (χ2v) is 7.24. The molecule has 1 unspecified atom stereocenters. The van der Waals surface area contributed by atoms with E-state index in [0.717, 1.165) is 25.0 Å². The van der Waals surface area contributed by atoms with Gasteiger partial charge in [0.25, 0.3) is 0 Å². The van der Waals surface area contributed by atoms with Crippen molar-refractivity contribution in [2.45, 2.75) is 39.2 Å². The maximum atomic E-state index is 13.6. The van der Waals surface area contributed by atoms with Crippen LogP contribution in [-0.2, 0) is 4.74 Å². The van der Waals surface area contributed by atoms with Crippen LogP contribution in [-0.4, -0.2) is 41.2 Å². The summed E-state index contributed by atoms with van der Waals surface area (Å²) in [4.78, 5) is 23.7. The number of nitro groups is 1. The van der Waals surface area contributed by atoms with E-state index < -0.39 is 22.0 Å². The Morgan fingerprint density at radius 1 is 1.48 bits per heavy atom. The lowest BCUT2D eigenvalue weighted by Gasteiger charge is -2.34. The van der Waals surface area contributed by atoms with Crippen LogP contribution in [0.2, 0.25) is 0 Å². The molecule has 0 aliphatic carbocycles. The van der Waals surface area contributed by atoms with Crippen LogP contribution in [0, 0.1) is 21.8 Å². The first-order valence-corrected chi connectivity index (χ1v) is 8.31. The zero-order valence-electron chi connectivity index (χ0n) is 14.8. The summed E-state index contributed by atoms with van der Waals surface area (Å²) in [6, 6.07) is 3.74. The third-order valence-corrected chi connectivity index (χ3v) is 3.91. The number of carbonyl (C=O) groups is 1. The van der Waals surface area contributed by atoms with Crippen molar-refractivity contribution in [1.82, 2.24) is 4.90 Å². The van der Waals surface area contributed by atoms with E-state index in [9.17, 15) is 19.3 Å². The molecule has 138 valence electrons. The van der Waals surface area contributed by atoms with Gasteiger partial charge in [0.05, 0.1) is 4.92 Å². The van der Waals surface area contributed by atoms with Crippen molar-refractivity contribution in [3.63, 3.8) is 0 Å². The highest BCUT2D eigenvalue weighted by Gasteiger charge is 2.27. The molecular formula is C17H24FN3O4. The molecule has 1 aromatic rings. The van der Waals surface area contributed by atoms with Crippen LogP contribution in [0.1, 0.15) is 33.6 Å². The number of nitro benzene ring substituents is 1. The summed E-state index contributed by atoms with van der Waals surface area (Å²) < 4.78 is 19.0. The Morgan fingerprint density at radius 2 is 2.20 bits per heavy atom. The molecule has 1 aromatic carbocycles. The first-order chi connectivity index (χ1) is 11.7. The van der Waals surface area contributed by atoms with Crippen LogP contribution in [0.25, 0.3) is 0 Å². The topological polar surface area (TPSA) is 84.7 Å². The zero-order valence-corrected chi connectivity index (χ0v) is 14.8. The van der Waals surface area contributed by atoms with E-state index in [1.165, 1.54) is 6.07 Å². The monoisotopic (exact) mass is 353 g/mol. The lowest BCUT2D eigenvalue weighted by atomic mass is 9.98. The smallest absolute Gasteiger partial charge is 0.410 e. The average molecular weight is 353 g/mol. The van der Waals surface area contributed by atoms with Gasteiger partial charge in [-0.15, -0.1) is 0 Å². The van der Waals surface area contributed by atoms with Crippen molar-refractivity contribution in [2.75, 3.05) is 25.0 Å². The van der Waals surface area contributed by atoms with Gasteiger partial charge >= 0.3 is 11.8 Å². The molecule has 1 saturated heterocycles. The third kappa shape index (κ3) is 5.58. The molecule has 0 saturated carbocycles. The van der Waals surface area contributed by atoms with Gasteiger partial charge in [0.15, 0.2) is 0 Å². The minimum absolute atomic E-state index is 0.208. The molecule has 1 fully saturated rings. The molecule has 0 radical (unpaired) electrons.